The van der Waals surface area contributed by atoms with Gasteiger partial charge in [0.05, 0.1) is 15.1 Å². The molecule has 1 rings (SSSR count). The van der Waals surface area contributed by atoms with E-state index in [0.717, 1.165) is 32.7 Å². The van der Waals surface area contributed by atoms with Crippen molar-refractivity contribution in [2.45, 2.75) is 13.3 Å². The third-order valence-corrected chi connectivity index (χ3v) is 3.38. The average molecular weight is 327 g/mol. The highest BCUT2D eigenvalue weighted by Crippen LogP contribution is 2.33. The molecule has 1 N–H and O–H groups in total. The van der Waals surface area contributed by atoms with Crippen molar-refractivity contribution in [2.75, 3.05) is 32.9 Å². The predicted molar refractivity (Wildman–Crippen MR) is 80.9 cm³/mol. The minimum Gasteiger partial charge on any atom is -0.491 e. The summed E-state index contributed by atoms with van der Waals surface area (Å²) in [5.41, 5.74) is 0. The molecule has 0 spiro atoms. The zero-order chi connectivity index (χ0) is 14.1. The maximum Gasteiger partial charge on any atom is 0.139 e. The predicted octanol–water partition coefficient (Wildman–Crippen LogP) is 4.04. The van der Waals surface area contributed by atoms with Crippen molar-refractivity contribution in [1.82, 2.24) is 5.32 Å². The molecule has 0 radical (unpaired) electrons. The molecular formula is C13H18Cl3NO2. The number of ether oxygens (including phenoxy) is 2. The van der Waals surface area contributed by atoms with Gasteiger partial charge in [-0.3, -0.25) is 0 Å². The Kier molecular flexibility index (Phi) is 8.58. The lowest BCUT2D eigenvalue weighted by molar-refractivity contribution is 0.144. The summed E-state index contributed by atoms with van der Waals surface area (Å²) in [6.07, 6.45) is 0.987. The van der Waals surface area contributed by atoms with E-state index < -0.39 is 0 Å². The fourth-order valence-electron chi connectivity index (χ4n) is 1.42. The molecule has 0 atom stereocenters. The summed E-state index contributed by atoms with van der Waals surface area (Å²) in [4.78, 5) is 0. The normalized spacial score (nSPS) is 10.7. The Morgan fingerprint density at radius 3 is 2.47 bits per heavy atom. The quantitative estimate of drug-likeness (QED) is 0.549. The summed E-state index contributed by atoms with van der Waals surface area (Å²) in [5.74, 6) is 0.548. The lowest BCUT2D eigenvalue weighted by Crippen LogP contribution is -2.23. The summed E-state index contributed by atoms with van der Waals surface area (Å²) in [6, 6.07) is 3.21. The van der Waals surface area contributed by atoms with Gasteiger partial charge < -0.3 is 14.8 Å². The van der Waals surface area contributed by atoms with Crippen LogP contribution in [0.15, 0.2) is 12.1 Å². The van der Waals surface area contributed by atoms with Crippen molar-refractivity contribution < 1.29 is 9.47 Å². The minimum atomic E-state index is 0.424. The summed E-state index contributed by atoms with van der Waals surface area (Å²) < 4.78 is 10.8. The van der Waals surface area contributed by atoms with Gasteiger partial charge >= 0.3 is 0 Å². The van der Waals surface area contributed by atoms with Gasteiger partial charge in [0, 0.05) is 25.8 Å². The van der Waals surface area contributed by atoms with Crippen LogP contribution in [0.3, 0.4) is 0 Å². The van der Waals surface area contributed by atoms with Crippen LogP contribution in [0.5, 0.6) is 5.75 Å². The molecule has 0 unspecified atom stereocenters. The van der Waals surface area contributed by atoms with Gasteiger partial charge in [0.1, 0.15) is 12.4 Å². The summed E-state index contributed by atoms with van der Waals surface area (Å²) in [6.45, 7) is 5.69. The number of hydrogen-bond donors (Lipinski definition) is 1. The standard InChI is InChI=1S/C13H18Cl3NO2/c1-2-18-6-3-4-17-5-7-19-13-9-11(15)10(14)8-12(13)16/h8-9,17H,2-7H2,1H3. The van der Waals surface area contributed by atoms with Crippen LogP contribution in [-0.4, -0.2) is 32.9 Å². The molecule has 1 aromatic rings. The first-order chi connectivity index (χ1) is 9.15. The summed E-state index contributed by atoms with van der Waals surface area (Å²) >= 11 is 17.7. The second-order valence-corrected chi connectivity index (χ2v) is 5.07. The van der Waals surface area contributed by atoms with E-state index in [1.165, 1.54) is 0 Å². The van der Waals surface area contributed by atoms with Crippen molar-refractivity contribution in [2.24, 2.45) is 0 Å². The smallest absolute Gasteiger partial charge is 0.139 e. The van der Waals surface area contributed by atoms with E-state index in [4.69, 9.17) is 44.3 Å². The van der Waals surface area contributed by atoms with Gasteiger partial charge in [0.2, 0.25) is 0 Å². The van der Waals surface area contributed by atoms with Gasteiger partial charge in [-0.1, -0.05) is 34.8 Å². The second-order valence-electron chi connectivity index (χ2n) is 3.85. The van der Waals surface area contributed by atoms with Crippen LogP contribution in [-0.2, 0) is 4.74 Å². The molecule has 0 saturated heterocycles. The van der Waals surface area contributed by atoms with Gasteiger partial charge in [-0.05, 0) is 26.0 Å². The first-order valence-corrected chi connectivity index (χ1v) is 7.34. The van der Waals surface area contributed by atoms with Gasteiger partial charge in [-0.25, -0.2) is 0 Å². The molecule has 0 bridgehead atoms. The Labute approximate surface area is 129 Å². The summed E-state index contributed by atoms with van der Waals surface area (Å²) in [7, 11) is 0. The first kappa shape index (κ1) is 16.9. The molecule has 108 valence electrons. The SMILES string of the molecule is CCOCCCNCCOc1cc(Cl)c(Cl)cc1Cl. The first-order valence-electron chi connectivity index (χ1n) is 6.21. The highest BCUT2D eigenvalue weighted by Gasteiger charge is 2.06. The molecule has 0 aliphatic rings. The molecule has 0 saturated carbocycles. The van der Waals surface area contributed by atoms with E-state index in [0.29, 0.717) is 27.4 Å². The molecule has 0 aliphatic carbocycles. The Hall–Kier alpha value is -0.190. The van der Waals surface area contributed by atoms with E-state index in [1.54, 1.807) is 12.1 Å². The van der Waals surface area contributed by atoms with E-state index in [1.807, 2.05) is 6.92 Å². The Morgan fingerprint density at radius 2 is 1.74 bits per heavy atom. The topological polar surface area (TPSA) is 30.5 Å². The molecule has 3 nitrogen and oxygen atoms in total. The molecule has 0 amide bonds. The maximum atomic E-state index is 5.99. The van der Waals surface area contributed by atoms with Gasteiger partial charge in [0.25, 0.3) is 0 Å². The largest absolute Gasteiger partial charge is 0.491 e. The van der Waals surface area contributed by atoms with Crippen LogP contribution < -0.4 is 10.1 Å². The molecule has 0 aliphatic heterocycles. The third-order valence-electron chi connectivity index (χ3n) is 2.36. The van der Waals surface area contributed by atoms with Crippen LogP contribution in [0.25, 0.3) is 0 Å². The Bertz CT molecular complexity index is 388. The van der Waals surface area contributed by atoms with E-state index >= 15 is 0 Å². The van der Waals surface area contributed by atoms with E-state index in [-0.39, 0.29) is 0 Å². The van der Waals surface area contributed by atoms with Crippen LogP contribution in [0.2, 0.25) is 15.1 Å². The second kappa shape index (κ2) is 9.67. The van der Waals surface area contributed by atoms with Gasteiger partial charge in [-0.15, -0.1) is 0 Å². The van der Waals surface area contributed by atoms with Gasteiger partial charge in [0.15, 0.2) is 0 Å². The molecular weight excluding hydrogens is 309 g/mol. The molecule has 6 heteroatoms. The number of benzene rings is 1. The highest BCUT2D eigenvalue weighted by atomic mass is 35.5. The fourth-order valence-corrected chi connectivity index (χ4v) is 2.01. The van der Waals surface area contributed by atoms with Crippen LogP contribution in [0.1, 0.15) is 13.3 Å². The van der Waals surface area contributed by atoms with E-state index in [2.05, 4.69) is 5.32 Å². The molecule has 0 aromatic heterocycles. The highest BCUT2D eigenvalue weighted by molar-refractivity contribution is 6.43. The zero-order valence-corrected chi connectivity index (χ0v) is 13.1. The number of hydrogen-bond acceptors (Lipinski definition) is 3. The zero-order valence-electron chi connectivity index (χ0n) is 10.8. The van der Waals surface area contributed by atoms with E-state index in [9.17, 15) is 0 Å². The van der Waals surface area contributed by atoms with Crippen LogP contribution >= 0.6 is 34.8 Å². The van der Waals surface area contributed by atoms with Crippen molar-refractivity contribution in [1.29, 1.82) is 0 Å². The minimum absolute atomic E-state index is 0.424. The molecule has 0 fully saturated rings. The number of rotatable bonds is 9. The Balaban J connectivity index is 2.17. The fraction of sp³-hybridized carbons (Fsp3) is 0.538. The number of halogens is 3. The third kappa shape index (κ3) is 6.68. The molecule has 19 heavy (non-hydrogen) atoms. The Morgan fingerprint density at radius 1 is 1.00 bits per heavy atom. The van der Waals surface area contributed by atoms with Crippen molar-refractivity contribution in [3.8, 4) is 5.75 Å². The summed E-state index contributed by atoms with van der Waals surface area (Å²) in [5, 5.41) is 4.58. The number of nitrogens with one attached hydrogen (secondary N) is 1. The van der Waals surface area contributed by atoms with Crippen LogP contribution in [0, 0.1) is 0 Å². The van der Waals surface area contributed by atoms with Crippen molar-refractivity contribution in [3.63, 3.8) is 0 Å². The van der Waals surface area contributed by atoms with Crippen LogP contribution in [0.4, 0.5) is 0 Å². The average Bonchev–Trinajstić information content (AvgIpc) is 2.38. The molecule has 1 aromatic carbocycles. The lowest BCUT2D eigenvalue weighted by Gasteiger charge is -2.10. The molecule has 0 heterocycles. The van der Waals surface area contributed by atoms with Crippen molar-refractivity contribution >= 4 is 34.8 Å². The maximum absolute atomic E-state index is 5.99. The monoisotopic (exact) mass is 325 g/mol. The van der Waals surface area contributed by atoms with Gasteiger partial charge in [-0.2, -0.15) is 0 Å². The lowest BCUT2D eigenvalue weighted by atomic mass is 10.3. The van der Waals surface area contributed by atoms with Crippen molar-refractivity contribution in [3.05, 3.63) is 27.2 Å².